The fourth-order valence-electron chi connectivity index (χ4n) is 3.27. The lowest BCUT2D eigenvalue weighted by atomic mass is 9.95. The van der Waals surface area contributed by atoms with Crippen LogP contribution in [0.1, 0.15) is 19.3 Å². The maximum atomic E-state index is 12.6. The molecular formula is C18H19BrClN3O5S. The summed E-state index contributed by atoms with van der Waals surface area (Å²) in [5.74, 6) is -0.303. The number of thiophene rings is 1. The number of ether oxygens (including phenoxy) is 1. The summed E-state index contributed by atoms with van der Waals surface area (Å²) in [7, 11) is 0. The molecule has 29 heavy (non-hydrogen) atoms. The van der Waals surface area contributed by atoms with Gasteiger partial charge in [0, 0.05) is 13.0 Å². The van der Waals surface area contributed by atoms with E-state index in [0.29, 0.717) is 38.4 Å². The van der Waals surface area contributed by atoms with Gasteiger partial charge in [0.15, 0.2) is 5.78 Å². The molecule has 1 fully saturated rings. The minimum Gasteiger partial charge on any atom is -0.445 e. The molecule has 0 bridgehead atoms. The molecule has 8 nitrogen and oxygen atoms in total. The van der Waals surface area contributed by atoms with Gasteiger partial charge in [0.25, 0.3) is 5.56 Å². The molecule has 1 N–H and O–H groups in total. The molecule has 11 heteroatoms. The second kappa shape index (κ2) is 9.38. The number of amides is 1. The fourth-order valence-corrected chi connectivity index (χ4v) is 5.09. The first-order chi connectivity index (χ1) is 13.8. The number of hydrogen-bond donors (Lipinski definition) is 1. The average Bonchev–Trinajstić information content (AvgIpc) is 2.98. The summed E-state index contributed by atoms with van der Waals surface area (Å²) in [5.41, 5.74) is 0.0833. The molecule has 0 saturated carbocycles. The zero-order valence-electron chi connectivity index (χ0n) is 15.3. The van der Waals surface area contributed by atoms with Crippen LogP contribution in [0.5, 0.6) is 0 Å². The second-order valence-corrected chi connectivity index (χ2v) is 9.04. The van der Waals surface area contributed by atoms with Gasteiger partial charge in [-0.25, -0.2) is 9.78 Å². The van der Waals surface area contributed by atoms with Crippen LogP contribution in [0.3, 0.4) is 0 Å². The van der Waals surface area contributed by atoms with Gasteiger partial charge >= 0.3 is 6.09 Å². The number of halogens is 2. The highest BCUT2D eigenvalue weighted by Crippen LogP contribution is 2.36. The molecule has 0 radical (unpaired) electrons. The molecule has 2 unspecified atom stereocenters. The molecule has 0 spiro atoms. The summed E-state index contributed by atoms with van der Waals surface area (Å²) in [5, 5.41) is 10.3. The van der Waals surface area contributed by atoms with E-state index >= 15 is 0 Å². The number of aliphatic hydroxyl groups is 1. The van der Waals surface area contributed by atoms with E-state index in [0.717, 1.165) is 11.3 Å². The smallest absolute Gasteiger partial charge is 0.410 e. The lowest BCUT2D eigenvalue weighted by molar-refractivity contribution is -0.122. The van der Waals surface area contributed by atoms with E-state index in [1.807, 2.05) is 0 Å². The van der Waals surface area contributed by atoms with Gasteiger partial charge in [-0.05, 0) is 28.8 Å². The minimum absolute atomic E-state index is 0.0477. The normalized spacial score (nSPS) is 19.3. The second-order valence-electron chi connectivity index (χ2n) is 6.62. The van der Waals surface area contributed by atoms with Gasteiger partial charge in [-0.1, -0.05) is 24.3 Å². The lowest BCUT2D eigenvalue weighted by Crippen LogP contribution is -2.52. The number of aromatic nitrogens is 2. The van der Waals surface area contributed by atoms with E-state index in [2.05, 4.69) is 27.5 Å². The van der Waals surface area contributed by atoms with E-state index in [1.54, 1.807) is 0 Å². The Bertz CT molecular complexity index is 1010. The molecule has 1 amide bonds. The van der Waals surface area contributed by atoms with Crippen LogP contribution >= 0.6 is 38.9 Å². The Balaban J connectivity index is 1.75. The molecule has 2 aromatic heterocycles. The van der Waals surface area contributed by atoms with Crippen LogP contribution in [0, 0.1) is 0 Å². The van der Waals surface area contributed by atoms with Crippen molar-refractivity contribution in [3.05, 3.63) is 38.1 Å². The Hall–Kier alpha value is -1.75. The van der Waals surface area contributed by atoms with Crippen molar-refractivity contribution in [3.63, 3.8) is 0 Å². The zero-order valence-corrected chi connectivity index (χ0v) is 18.5. The van der Waals surface area contributed by atoms with Crippen LogP contribution in [0.25, 0.3) is 10.2 Å². The molecule has 3 heterocycles. The highest BCUT2D eigenvalue weighted by molar-refractivity contribution is 9.10. The molecule has 0 aromatic carbocycles. The Morgan fingerprint density at radius 2 is 2.28 bits per heavy atom. The summed E-state index contributed by atoms with van der Waals surface area (Å²) in [4.78, 5) is 43.1. The molecule has 1 aliphatic rings. The quantitative estimate of drug-likeness (QED) is 0.607. The predicted molar refractivity (Wildman–Crippen MR) is 113 cm³/mol. The summed E-state index contributed by atoms with van der Waals surface area (Å²) in [6, 6.07) is -0.703. The van der Waals surface area contributed by atoms with Crippen molar-refractivity contribution in [2.24, 2.45) is 0 Å². The maximum absolute atomic E-state index is 12.6. The van der Waals surface area contributed by atoms with Gasteiger partial charge in [-0.15, -0.1) is 11.3 Å². The van der Waals surface area contributed by atoms with E-state index < -0.39 is 18.2 Å². The van der Waals surface area contributed by atoms with Gasteiger partial charge < -0.3 is 14.7 Å². The van der Waals surface area contributed by atoms with Crippen LogP contribution in [-0.2, 0) is 16.1 Å². The third kappa shape index (κ3) is 4.71. The van der Waals surface area contributed by atoms with Crippen molar-refractivity contribution >= 4 is 61.0 Å². The third-order valence-corrected chi connectivity index (χ3v) is 7.29. The van der Waals surface area contributed by atoms with E-state index in [4.69, 9.17) is 16.3 Å². The Kier molecular flexibility index (Phi) is 7.10. The Morgan fingerprint density at radius 1 is 1.52 bits per heavy atom. The molecule has 156 valence electrons. The van der Waals surface area contributed by atoms with Crippen molar-refractivity contribution in [3.8, 4) is 0 Å². The summed E-state index contributed by atoms with van der Waals surface area (Å²) >= 11 is 10.4. The van der Waals surface area contributed by atoms with Gasteiger partial charge in [0.1, 0.15) is 21.2 Å². The van der Waals surface area contributed by atoms with Gasteiger partial charge in [-0.3, -0.25) is 14.2 Å². The van der Waals surface area contributed by atoms with E-state index in [9.17, 15) is 19.5 Å². The van der Waals surface area contributed by atoms with Crippen LogP contribution in [0.4, 0.5) is 4.79 Å². The first-order valence-corrected chi connectivity index (χ1v) is 10.9. The van der Waals surface area contributed by atoms with Crippen molar-refractivity contribution < 1.29 is 19.4 Å². The van der Waals surface area contributed by atoms with E-state index in [-0.39, 0.29) is 30.9 Å². The van der Waals surface area contributed by atoms with Crippen molar-refractivity contribution in [1.82, 2.24) is 14.5 Å². The highest BCUT2D eigenvalue weighted by atomic mass is 79.9. The van der Waals surface area contributed by atoms with Crippen molar-refractivity contribution in [2.75, 3.05) is 13.2 Å². The van der Waals surface area contributed by atoms with Gasteiger partial charge in [-0.2, -0.15) is 0 Å². The number of piperidine rings is 1. The van der Waals surface area contributed by atoms with Crippen LogP contribution in [0.15, 0.2) is 28.2 Å². The van der Waals surface area contributed by atoms with Gasteiger partial charge in [0.05, 0.1) is 29.5 Å². The average molecular weight is 505 g/mol. The SMILES string of the molecule is C=CCOC(=O)N1CCCC(O)C1CC(=O)Cn1cnc2c(Br)c(Cl)sc2c1=O. The monoisotopic (exact) mass is 503 g/mol. The zero-order chi connectivity index (χ0) is 21.1. The number of carbonyl (C=O) groups excluding carboxylic acids is 2. The number of ketones is 1. The van der Waals surface area contributed by atoms with Crippen LogP contribution in [0.2, 0.25) is 4.34 Å². The van der Waals surface area contributed by atoms with Crippen LogP contribution in [-0.4, -0.2) is 56.7 Å². The van der Waals surface area contributed by atoms with Crippen molar-refractivity contribution in [1.29, 1.82) is 0 Å². The number of likely N-dealkylation sites (tertiary alicyclic amines) is 1. The molecule has 1 aliphatic heterocycles. The standard InChI is InChI=1S/C18H19BrClN3O5S/c1-2-6-28-18(27)23-5-3-4-12(25)11(23)7-10(24)8-22-9-21-14-13(19)16(20)29-15(14)17(22)26/h2,9,11-12,25H,1,3-8H2. The molecule has 1 saturated heterocycles. The van der Waals surface area contributed by atoms with Crippen LogP contribution < -0.4 is 5.56 Å². The number of Topliss-reactive ketones (excluding diaryl/α,β-unsaturated/α-hetero) is 1. The topological polar surface area (TPSA) is 102 Å². The predicted octanol–water partition coefficient (Wildman–Crippen LogP) is 2.98. The number of carbonyl (C=O) groups is 2. The number of hydrogen-bond acceptors (Lipinski definition) is 7. The molecule has 2 atom stereocenters. The molecule has 0 aliphatic carbocycles. The van der Waals surface area contributed by atoms with Crippen molar-refractivity contribution in [2.45, 2.75) is 38.0 Å². The number of rotatable bonds is 6. The maximum Gasteiger partial charge on any atom is 0.410 e. The third-order valence-electron chi connectivity index (χ3n) is 4.65. The Morgan fingerprint density at radius 3 is 3.00 bits per heavy atom. The molecule has 2 aromatic rings. The lowest BCUT2D eigenvalue weighted by Gasteiger charge is -2.37. The first kappa shape index (κ1) is 21.9. The van der Waals surface area contributed by atoms with E-state index in [1.165, 1.54) is 21.9 Å². The number of nitrogens with zero attached hydrogens (tertiary/aromatic N) is 3. The first-order valence-electron chi connectivity index (χ1n) is 8.90. The summed E-state index contributed by atoms with van der Waals surface area (Å²) < 4.78 is 7.57. The molecular weight excluding hydrogens is 486 g/mol. The largest absolute Gasteiger partial charge is 0.445 e. The molecule has 3 rings (SSSR count). The number of aliphatic hydroxyl groups excluding tert-OH is 1. The minimum atomic E-state index is -0.839. The summed E-state index contributed by atoms with van der Waals surface area (Å²) in [6.07, 6.45) is 2.31. The highest BCUT2D eigenvalue weighted by Gasteiger charge is 2.35. The van der Waals surface area contributed by atoms with Gasteiger partial charge in [0.2, 0.25) is 0 Å². The number of fused-ring (bicyclic) bond motifs is 1. The Labute approximate surface area is 183 Å². The fraction of sp³-hybridized carbons (Fsp3) is 0.444. The summed E-state index contributed by atoms with van der Waals surface area (Å²) in [6.45, 7) is 3.72.